The van der Waals surface area contributed by atoms with Crippen LogP contribution in [-0.2, 0) is 0 Å². The van der Waals surface area contributed by atoms with E-state index in [1.54, 1.807) is 0 Å². The summed E-state index contributed by atoms with van der Waals surface area (Å²) in [6.07, 6.45) is 0. The van der Waals surface area contributed by atoms with Gasteiger partial charge in [-0.15, -0.1) is 0 Å². The Balaban J connectivity index is -0.0000000237. The summed E-state index contributed by atoms with van der Waals surface area (Å²) in [6.45, 7) is 0. The van der Waals surface area contributed by atoms with Crippen LogP contribution in [0.4, 0.5) is 0 Å². The summed E-state index contributed by atoms with van der Waals surface area (Å²) in [5.41, 5.74) is 0. The van der Waals surface area contributed by atoms with Crippen LogP contribution in [0.25, 0.3) is 0 Å². The van der Waals surface area contributed by atoms with Crippen LogP contribution in [0.1, 0.15) is 1.43 Å². The van der Waals surface area contributed by atoms with Gasteiger partial charge in [0, 0.05) is 0 Å². The number of hydrogen-bond acceptors (Lipinski definition) is 30. The quantitative estimate of drug-likeness (QED) is 0.102. The fourth-order valence-electron chi connectivity index (χ4n) is 0. The van der Waals surface area contributed by atoms with Gasteiger partial charge >= 0.3 is 142 Å². The molecule has 0 atom stereocenters. The third kappa shape index (κ3) is 28700. The van der Waals surface area contributed by atoms with Gasteiger partial charge in [0.05, 0.1) is 0 Å². The maximum Gasteiger partial charge on any atom is 1.00 e. The predicted molar refractivity (Wildman–Crippen MR) is 125 cm³/mol. The third-order valence-corrected chi connectivity index (χ3v) is 0. The van der Waals surface area contributed by atoms with Crippen LogP contribution in [0, 0.1) is 0 Å². The molecule has 30 nitrogen and oxygen atoms in total. The van der Waals surface area contributed by atoms with Crippen LogP contribution in [-0.4, -0.2) is 224 Å². The van der Waals surface area contributed by atoms with Crippen molar-refractivity contribution in [1.82, 2.24) is 0 Å². The van der Waals surface area contributed by atoms with Gasteiger partial charge < -0.3 is 152 Å². The molecule has 0 radical (unpaired) electrons. The van der Waals surface area contributed by atoms with Crippen molar-refractivity contribution in [3.8, 4) is 0 Å². The Labute approximate surface area is 291 Å². The largest absolute Gasteiger partial charge is 1.00 e. The standard InChI is InChI=1S/10BH3O3.Cs.H/c10*2-1(3)4;;/h10*2-4H;;/q;;;;;;;;;;+1;-1. The molecule has 0 aromatic heterocycles. The predicted octanol–water partition coefficient (Wildman–Crippen LogP) is -23.4. The van der Waals surface area contributed by atoms with Crippen LogP contribution in [0.3, 0.4) is 0 Å². The van der Waals surface area contributed by atoms with Gasteiger partial charge in [0.25, 0.3) is 0 Å². The van der Waals surface area contributed by atoms with Crippen molar-refractivity contribution in [2.24, 2.45) is 0 Å². The summed E-state index contributed by atoms with van der Waals surface area (Å²) in [6, 6.07) is 0. The Morgan fingerprint density at radius 2 is 0.146 bits per heavy atom. The first-order valence-electron chi connectivity index (χ1n) is 7.75. The van der Waals surface area contributed by atoms with Gasteiger partial charge in [-0.2, -0.15) is 0 Å². The minimum Gasteiger partial charge on any atom is -1.00 e. The van der Waals surface area contributed by atoms with E-state index in [1.807, 2.05) is 0 Å². The van der Waals surface area contributed by atoms with Crippen LogP contribution < -0.4 is 68.9 Å². The van der Waals surface area contributed by atoms with Gasteiger partial charge in [-0.05, 0) is 0 Å². The molecule has 0 aliphatic heterocycles. The molecular formula is H31B10CsO30. The molecule has 0 bridgehead atoms. The minimum atomic E-state index is -2.17. The Kier molecular flexibility index (Phi) is 123. The molecule has 0 aliphatic rings. The summed E-state index contributed by atoms with van der Waals surface area (Å²) in [5, 5.41) is 215. The molecule has 0 amide bonds. The van der Waals surface area contributed by atoms with E-state index < -0.39 is 73.2 Å². The zero-order chi connectivity index (χ0) is 35.8. The van der Waals surface area contributed by atoms with Crippen molar-refractivity contribution in [3.63, 3.8) is 0 Å². The van der Waals surface area contributed by atoms with Crippen molar-refractivity contribution in [2.45, 2.75) is 0 Å². The monoisotopic (exact) mass is 754 g/mol. The molecule has 242 valence electrons. The van der Waals surface area contributed by atoms with Gasteiger partial charge in [-0.1, -0.05) is 0 Å². The SMILES string of the molecule is OB(O)O.OB(O)O.OB(O)O.OB(O)O.OB(O)O.OB(O)O.OB(O)O.OB(O)O.OB(O)O.OB(O)O.[Cs+].[H-]. The van der Waals surface area contributed by atoms with Crippen molar-refractivity contribution in [2.75, 3.05) is 0 Å². The molecule has 0 aromatic carbocycles. The fraction of sp³-hybridized carbons (Fsp3) is 0. The van der Waals surface area contributed by atoms with Crippen molar-refractivity contribution in [3.05, 3.63) is 0 Å². The van der Waals surface area contributed by atoms with Gasteiger partial charge in [0.1, 0.15) is 0 Å². The first kappa shape index (κ1) is 73.8. The Morgan fingerprint density at radius 1 is 0.146 bits per heavy atom. The molecule has 0 aliphatic carbocycles. The van der Waals surface area contributed by atoms with E-state index >= 15 is 0 Å². The first-order chi connectivity index (χ1) is 17.3. The second-order valence-electron chi connectivity index (χ2n) is 3.46. The van der Waals surface area contributed by atoms with E-state index in [-0.39, 0.29) is 70.3 Å². The van der Waals surface area contributed by atoms with Crippen molar-refractivity contribution in [1.29, 1.82) is 0 Å². The molecule has 0 heterocycles. The molecule has 30 N–H and O–H groups in total. The molecule has 0 unspecified atom stereocenters. The Morgan fingerprint density at radius 3 is 0.146 bits per heavy atom. The zero-order valence-corrected chi connectivity index (χ0v) is 26.5. The average molecular weight is 752 g/mol. The second-order valence-corrected chi connectivity index (χ2v) is 3.46. The smallest absolute Gasteiger partial charge is 1.00 e. The van der Waals surface area contributed by atoms with Crippen molar-refractivity contribution >= 4 is 73.2 Å². The number of rotatable bonds is 0. The molecule has 41 heteroatoms. The molecule has 0 spiro atoms. The van der Waals surface area contributed by atoms with Crippen LogP contribution >= 0.6 is 0 Å². The Bertz CT molecular complexity index is 193. The van der Waals surface area contributed by atoms with E-state index in [2.05, 4.69) is 0 Å². The summed E-state index contributed by atoms with van der Waals surface area (Å²) in [4.78, 5) is 0. The summed E-state index contributed by atoms with van der Waals surface area (Å²) in [7, 11) is -21.7. The molecule has 0 fully saturated rings. The van der Waals surface area contributed by atoms with Gasteiger partial charge in [-0.25, -0.2) is 0 Å². The molecular weight excluding hydrogens is 721 g/mol. The first-order valence-corrected chi connectivity index (χ1v) is 7.75. The maximum absolute atomic E-state index is 7.17. The van der Waals surface area contributed by atoms with Gasteiger partial charge in [0.2, 0.25) is 0 Å². The van der Waals surface area contributed by atoms with E-state index in [9.17, 15) is 0 Å². The third-order valence-electron chi connectivity index (χ3n) is 0. The fourth-order valence-corrected chi connectivity index (χ4v) is 0. The number of hydrogen-bond donors (Lipinski definition) is 30. The zero-order valence-electron chi connectivity index (χ0n) is 21.2. The van der Waals surface area contributed by atoms with Gasteiger partial charge in [0.15, 0.2) is 0 Å². The van der Waals surface area contributed by atoms with E-state index in [1.165, 1.54) is 0 Å². The molecule has 0 saturated heterocycles. The van der Waals surface area contributed by atoms with E-state index in [4.69, 9.17) is 151 Å². The summed E-state index contributed by atoms with van der Waals surface area (Å²) >= 11 is 0. The summed E-state index contributed by atoms with van der Waals surface area (Å²) < 4.78 is 0. The van der Waals surface area contributed by atoms with E-state index in [0.717, 1.165) is 0 Å². The summed E-state index contributed by atoms with van der Waals surface area (Å²) in [5.74, 6) is 0. The normalized spacial score (nSPS) is 6.59. The molecule has 0 aromatic rings. The average Bonchev–Trinajstić information content (AvgIpc) is 2.47. The topological polar surface area (TPSA) is 607 Å². The van der Waals surface area contributed by atoms with Crippen LogP contribution in [0.2, 0.25) is 0 Å². The maximum atomic E-state index is 7.17. The Hall–Kier alpha value is 1.50. The molecule has 0 rings (SSSR count). The van der Waals surface area contributed by atoms with E-state index in [0.29, 0.717) is 0 Å². The van der Waals surface area contributed by atoms with Crippen LogP contribution in [0.15, 0.2) is 0 Å². The van der Waals surface area contributed by atoms with Crippen LogP contribution in [0.5, 0.6) is 0 Å². The second kappa shape index (κ2) is 68.6. The molecule has 41 heavy (non-hydrogen) atoms. The minimum absolute atomic E-state index is 0. The van der Waals surface area contributed by atoms with Crippen molar-refractivity contribution < 1.29 is 221 Å². The van der Waals surface area contributed by atoms with Gasteiger partial charge in [-0.3, -0.25) is 0 Å². The molecule has 0 saturated carbocycles.